The molecule has 1 aliphatic heterocycles. The Morgan fingerprint density at radius 1 is 1.31 bits per heavy atom. The summed E-state index contributed by atoms with van der Waals surface area (Å²) in [7, 11) is 0. The van der Waals surface area contributed by atoms with Crippen LogP contribution in [0.2, 0.25) is 0 Å². The summed E-state index contributed by atoms with van der Waals surface area (Å²) in [5, 5.41) is 18.3. The minimum atomic E-state index is 0.0309. The predicted octanol–water partition coefficient (Wildman–Crippen LogP) is 0.783. The van der Waals surface area contributed by atoms with Gasteiger partial charge in [-0.25, -0.2) is 4.98 Å². The largest absolute Gasteiger partial charge is 0.396 e. The van der Waals surface area contributed by atoms with E-state index in [1.165, 1.54) is 0 Å². The summed E-state index contributed by atoms with van der Waals surface area (Å²) in [6.45, 7) is 2.14. The molecule has 2 heterocycles. The second-order valence-corrected chi connectivity index (χ2v) is 4.26. The molecule has 1 aliphatic rings. The molecule has 2 rings (SSSR count). The Bertz CT molecular complexity index is 336. The summed E-state index contributed by atoms with van der Waals surface area (Å²) in [6.07, 6.45) is 3.75. The lowest BCUT2D eigenvalue weighted by Gasteiger charge is -2.32. The van der Waals surface area contributed by atoms with Crippen LogP contribution in [0.15, 0.2) is 18.3 Å². The zero-order valence-electron chi connectivity index (χ0n) is 9.34. The molecule has 0 atom stereocenters. The van der Waals surface area contributed by atoms with E-state index < -0.39 is 0 Å². The molecule has 0 aliphatic carbocycles. The zero-order chi connectivity index (χ0) is 11.4. The summed E-state index contributed by atoms with van der Waals surface area (Å²) >= 11 is 0. The summed E-state index contributed by atoms with van der Waals surface area (Å²) in [6, 6.07) is 3.75. The molecule has 4 heteroatoms. The number of piperidine rings is 1. The SMILES string of the molecule is OCc1cccnc1N1CCC(CO)CC1. The van der Waals surface area contributed by atoms with Gasteiger partial charge in [-0.05, 0) is 24.8 Å². The van der Waals surface area contributed by atoms with Gasteiger partial charge in [0.2, 0.25) is 0 Å². The molecule has 1 saturated heterocycles. The third kappa shape index (κ3) is 2.33. The summed E-state index contributed by atoms with van der Waals surface area (Å²) in [5.41, 5.74) is 0.880. The van der Waals surface area contributed by atoms with Gasteiger partial charge in [0.15, 0.2) is 0 Å². The number of hydrogen-bond donors (Lipinski definition) is 2. The second kappa shape index (κ2) is 5.27. The number of nitrogens with zero attached hydrogens (tertiary/aromatic N) is 2. The lowest BCUT2D eigenvalue weighted by atomic mass is 9.97. The minimum absolute atomic E-state index is 0.0309. The Morgan fingerprint density at radius 3 is 2.69 bits per heavy atom. The highest BCUT2D eigenvalue weighted by molar-refractivity contribution is 5.46. The molecule has 0 spiro atoms. The lowest BCUT2D eigenvalue weighted by molar-refractivity contribution is 0.202. The Balaban J connectivity index is 2.07. The summed E-state index contributed by atoms with van der Waals surface area (Å²) in [5.74, 6) is 1.32. The van der Waals surface area contributed by atoms with Gasteiger partial charge < -0.3 is 15.1 Å². The van der Waals surface area contributed by atoms with Crippen LogP contribution in [-0.2, 0) is 6.61 Å². The molecule has 0 radical (unpaired) electrons. The highest BCUT2D eigenvalue weighted by atomic mass is 16.3. The minimum Gasteiger partial charge on any atom is -0.396 e. The molecule has 4 nitrogen and oxygen atoms in total. The van der Waals surface area contributed by atoms with E-state index in [1.54, 1.807) is 6.20 Å². The third-order valence-electron chi connectivity index (χ3n) is 3.21. The van der Waals surface area contributed by atoms with Crippen molar-refractivity contribution < 1.29 is 10.2 Å². The maximum absolute atomic E-state index is 9.24. The van der Waals surface area contributed by atoms with Crippen LogP contribution in [0.1, 0.15) is 18.4 Å². The van der Waals surface area contributed by atoms with Gasteiger partial charge >= 0.3 is 0 Å². The molecule has 0 saturated carbocycles. The quantitative estimate of drug-likeness (QED) is 0.793. The van der Waals surface area contributed by atoms with E-state index in [-0.39, 0.29) is 13.2 Å². The molecule has 0 aromatic carbocycles. The van der Waals surface area contributed by atoms with E-state index in [2.05, 4.69) is 9.88 Å². The van der Waals surface area contributed by atoms with Crippen molar-refractivity contribution in [3.8, 4) is 0 Å². The Labute approximate surface area is 95.5 Å². The number of rotatable bonds is 3. The maximum Gasteiger partial charge on any atom is 0.134 e. The number of pyridine rings is 1. The van der Waals surface area contributed by atoms with Crippen molar-refractivity contribution in [1.29, 1.82) is 0 Å². The van der Waals surface area contributed by atoms with Crippen LogP contribution in [0.3, 0.4) is 0 Å². The van der Waals surface area contributed by atoms with Crippen LogP contribution in [0.25, 0.3) is 0 Å². The van der Waals surface area contributed by atoms with E-state index in [4.69, 9.17) is 5.11 Å². The number of hydrogen-bond acceptors (Lipinski definition) is 4. The van der Waals surface area contributed by atoms with Gasteiger partial charge in [-0.1, -0.05) is 6.07 Å². The van der Waals surface area contributed by atoms with E-state index in [1.807, 2.05) is 12.1 Å². The molecule has 0 bridgehead atoms. The highest BCUT2D eigenvalue weighted by Crippen LogP contribution is 2.24. The van der Waals surface area contributed by atoms with Crippen LogP contribution in [0.5, 0.6) is 0 Å². The van der Waals surface area contributed by atoms with Crippen molar-refractivity contribution in [2.45, 2.75) is 19.4 Å². The van der Waals surface area contributed by atoms with Crippen molar-refractivity contribution in [1.82, 2.24) is 4.98 Å². The fourth-order valence-corrected chi connectivity index (χ4v) is 2.17. The van der Waals surface area contributed by atoms with Crippen LogP contribution < -0.4 is 4.90 Å². The topological polar surface area (TPSA) is 56.6 Å². The lowest BCUT2D eigenvalue weighted by Crippen LogP contribution is -2.35. The number of anilines is 1. The maximum atomic E-state index is 9.24. The Morgan fingerprint density at radius 2 is 2.06 bits per heavy atom. The van der Waals surface area contributed by atoms with Gasteiger partial charge in [-0.2, -0.15) is 0 Å². The standard InChI is InChI=1S/C12H18N2O2/c15-8-10-3-6-14(7-4-10)12-11(9-16)2-1-5-13-12/h1-2,5,10,15-16H,3-4,6-9H2. The normalized spacial score (nSPS) is 17.8. The summed E-state index contributed by atoms with van der Waals surface area (Å²) in [4.78, 5) is 6.52. The summed E-state index contributed by atoms with van der Waals surface area (Å²) < 4.78 is 0. The highest BCUT2D eigenvalue weighted by Gasteiger charge is 2.20. The second-order valence-electron chi connectivity index (χ2n) is 4.26. The van der Waals surface area contributed by atoms with Crippen molar-refractivity contribution in [2.24, 2.45) is 5.92 Å². The molecule has 1 fully saturated rings. The molecular weight excluding hydrogens is 204 g/mol. The first kappa shape index (κ1) is 11.4. The van der Waals surface area contributed by atoms with Crippen LogP contribution in [0.4, 0.5) is 5.82 Å². The fraction of sp³-hybridized carbons (Fsp3) is 0.583. The molecule has 0 unspecified atom stereocenters. The molecule has 16 heavy (non-hydrogen) atoms. The van der Waals surface area contributed by atoms with E-state index in [9.17, 15) is 5.11 Å². The number of aliphatic hydroxyl groups is 2. The van der Waals surface area contributed by atoms with Gasteiger partial charge in [0.05, 0.1) is 6.61 Å². The van der Waals surface area contributed by atoms with Crippen LogP contribution in [0, 0.1) is 5.92 Å². The van der Waals surface area contributed by atoms with E-state index >= 15 is 0 Å². The number of aliphatic hydroxyl groups excluding tert-OH is 2. The van der Waals surface area contributed by atoms with Crippen LogP contribution >= 0.6 is 0 Å². The molecule has 1 aromatic heterocycles. The fourth-order valence-electron chi connectivity index (χ4n) is 2.17. The molecule has 1 aromatic rings. The average Bonchev–Trinajstić information content (AvgIpc) is 2.39. The average molecular weight is 222 g/mol. The van der Waals surface area contributed by atoms with Gasteiger partial charge in [0.1, 0.15) is 5.82 Å². The number of aromatic nitrogens is 1. The van der Waals surface area contributed by atoms with E-state index in [0.717, 1.165) is 37.3 Å². The van der Waals surface area contributed by atoms with Crippen molar-refractivity contribution >= 4 is 5.82 Å². The first-order chi connectivity index (χ1) is 7.85. The first-order valence-electron chi connectivity index (χ1n) is 5.75. The van der Waals surface area contributed by atoms with E-state index in [0.29, 0.717) is 5.92 Å². The van der Waals surface area contributed by atoms with Crippen molar-refractivity contribution in [3.63, 3.8) is 0 Å². The molecular formula is C12H18N2O2. The first-order valence-corrected chi connectivity index (χ1v) is 5.75. The third-order valence-corrected chi connectivity index (χ3v) is 3.21. The van der Waals surface area contributed by atoms with Crippen LogP contribution in [-0.4, -0.2) is 34.9 Å². The molecule has 2 N–H and O–H groups in total. The van der Waals surface area contributed by atoms with Gasteiger partial charge in [-0.15, -0.1) is 0 Å². The predicted molar refractivity (Wildman–Crippen MR) is 62.2 cm³/mol. The monoisotopic (exact) mass is 222 g/mol. The Kier molecular flexibility index (Phi) is 3.74. The van der Waals surface area contributed by atoms with Gasteiger partial charge in [0.25, 0.3) is 0 Å². The van der Waals surface area contributed by atoms with Crippen molar-refractivity contribution in [3.05, 3.63) is 23.9 Å². The van der Waals surface area contributed by atoms with Crippen molar-refractivity contribution in [2.75, 3.05) is 24.6 Å². The Hall–Kier alpha value is -1.13. The smallest absolute Gasteiger partial charge is 0.134 e. The molecule has 0 amide bonds. The molecule has 88 valence electrons. The zero-order valence-corrected chi connectivity index (χ0v) is 9.34. The van der Waals surface area contributed by atoms with Gasteiger partial charge in [-0.3, -0.25) is 0 Å². The van der Waals surface area contributed by atoms with Gasteiger partial charge in [0, 0.05) is 31.5 Å².